The number of hydrogen-bond donors (Lipinski definition) is 0. The van der Waals surface area contributed by atoms with Crippen molar-refractivity contribution >= 4 is 6.09 Å². The van der Waals surface area contributed by atoms with E-state index in [-0.39, 0.29) is 12.2 Å². The molecule has 0 radical (unpaired) electrons. The predicted molar refractivity (Wildman–Crippen MR) is 69.2 cm³/mol. The third-order valence-corrected chi connectivity index (χ3v) is 2.33. The summed E-state index contributed by atoms with van der Waals surface area (Å²) < 4.78 is 4.96. The molecular formula is C14H13N3O2. The highest BCUT2D eigenvalue weighted by Crippen LogP contribution is 2.20. The molecule has 0 N–H and O–H groups in total. The van der Waals surface area contributed by atoms with Gasteiger partial charge < -0.3 is 4.74 Å². The Balaban J connectivity index is 3.08. The van der Waals surface area contributed by atoms with Gasteiger partial charge in [-0.25, -0.2) is 4.79 Å². The molecule has 1 aliphatic rings. The first-order chi connectivity index (χ1) is 9.13. The van der Waals surface area contributed by atoms with E-state index in [1.807, 2.05) is 0 Å². The topological polar surface area (TPSA) is 77.1 Å². The average Bonchev–Trinajstić information content (AvgIpc) is 2.40. The van der Waals surface area contributed by atoms with Crippen molar-refractivity contribution in [3.8, 4) is 12.1 Å². The van der Waals surface area contributed by atoms with Crippen LogP contribution in [0.2, 0.25) is 0 Å². The van der Waals surface area contributed by atoms with Gasteiger partial charge in [0, 0.05) is 5.70 Å². The number of amides is 1. The minimum absolute atomic E-state index is 0.0306. The van der Waals surface area contributed by atoms with Gasteiger partial charge in [0.2, 0.25) is 0 Å². The number of ether oxygens (including phenoxy) is 1. The zero-order valence-electron chi connectivity index (χ0n) is 10.8. The lowest BCUT2D eigenvalue weighted by atomic mass is 10.2. The number of rotatable bonds is 2. The van der Waals surface area contributed by atoms with Crippen molar-refractivity contribution in [1.82, 2.24) is 4.90 Å². The summed E-state index contributed by atoms with van der Waals surface area (Å²) in [7, 11) is 0. The van der Waals surface area contributed by atoms with Crippen molar-refractivity contribution in [1.29, 1.82) is 10.5 Å². The maximum absolute atomic E-state index is 11.8. The monoisotopic (exact) mass is 255 g/mol. The number of nitriles is 2. The number of hydrogen-bond acceptors (Lipinski definition) is 4. The number of carbonyl (C=O) groups excluding carboxylic acids is 1. The molecular weight excluding hydrogens is 242 g/mol. The van der Waals surface area contributed by atoms with Gasteiger partial charge in [-0.1, -0.05) is 6.08 Å². The van der Waals surface area contributed by atoms with E-state index in [1.165, 1.54) is 17.1 Å². The summed E-state index contributed by atoms with van der Waals surface area (Å²) in [6.07, 6.45) is 7.66. The minimum Gasteiger partial charge on any atom is -0.449 e. The van der Waals surface area contributed by atoms with E-state index in [4.69, 9.17) is 15.3 Å². The Morgan fingerprint density at radius 1 is 1.47 bits per heavy atom. The zero-order chi connectivity index (χ0) is 14.3. The maximum atomic E-state index is 11.8. The molecule has 1 aliphatic heterocycles. The molecule has 0 bridgehead atoms. The fourth-order valence-electron chi connectivity index (χ4n) is 1.47. The van der Waals surface area contributed by atoms with E-state index >= 15 is 0 Å². The normalized spacial score (nSPS) is 15.3. The van der Waals surface area contributed by atoms with Crippen LogP contribution in [-0.4, -0.2) is 17.6 Å². The SMILES string of the molecule is CCOC(=O)N1C(C)=CC=C/C1=C/C=C(C#N)C#N. The molecule has 1 heterocycles. The molecule has 1 amide bonds. The van der Waals surface area contributed by atoms with Crippen molar-refractivity contribution in [3.05, 3.63) is 47.3 Å². The molecule has 0 aromatic carbocycles. The second-order valence-corrected chi connectivity index (χ2v) is 3.60. The lowest BCUT2D eigenvalue weighted by Gasteiger charge is -2.25. The molecule has 19 heavy (non-hydrogen) atoms. The molecule has 0 spiro atoms. The summed E-state index contributed by atoms with van der Waals surface area (Å²) in [5.41, 5.74) is 1.22. The van der Waals surface area contributed by atoms with Gasteiger partial charge in [0.05, 0.1) is 12.3 Å². The van der Waals surface area contributed by atoms with Gasteiger partial charge in [-0.2, -0.15) is 10.5 Å². The van der Waals surface area contributed by atoms with Crippen molar-refractivity contribution in [2.24, 2.45) is 0 Å². The van der Waals surface area contributed by atoms with Crippen molar-refractivity contribution in [2.45, 2.75) is 13.8 Å². The highest BCUT2D eigenvalue weighted by atomic mass is 16.6. The Morgan fingerprint density at radius 3 is 2.74 bits per heavy atom. The van der Waals surface area contributed by atoms with Crippen LogP contribution in [0.5, 0.6) is 0 Å². The minimum atomic E-state index is -0.490. The summed E-state index contributed by atoms with van der Waals surface area (Å²) >= 11 is 0. The predicted octanol–water partition coefficient (Wildman–Crippen LogP) is 2.78. The second-order valence-electron chi connectivity index (χ2n) is 3.60. The van der Waals surface area contributed by atoms with Gasteiger partial charge in [-0.05, 0) is 38.2 Å². The molecule has 0 fully saturated rings. The van der Waals surface area contributed by atoms with Gasteiger partial charge in [0.15, 0.2) is 0 Å². The van der Waals surface area contributed by atoms with Crippen LogP contribution in [0, 0.1) is 22.7 Å². The van der Waals surface area contributed by atoms with E-state index in [1.54, 1.807) is 44.2 Å². The number of nitrogens with zero attached hydrogens (tertiary/aromatic N) is 3. The largest absolute Gasteiger partial charge is 0.449 e. The van der Waals surface area contributed by atoms with Gasteiger partial charge in [-0.3, -0.25) is 4.90 Å². The molecule has 5 heteroatoms. The molecule has 5 nitrogen and oxygen atoms in total. The first-order valence-corrected chi connectivity index (χ1v) is 5.68. The first kappa shape index (κ1) is 14.3. The summed E-state index contributed by atoms with van der Waals surface area (Å²) in [6.45, 7) is 3.77. The fourth-order valence-corrected chi connectivity index (χ4v) is 1.47. The number of carbonyl (C=O) groups is 1. The van der Waals surface area contributed by atoms with E-state index in [0.29, 0.717) is 11.4 Å². The summed E-state index contributed by atoms with van der Waals surface area (Å²) in [5, 5.41) is 17.3. The highest BCUT2D eigenvalue weighted by Gasteiger charge is 2.20. The van der Waals surface area contributed by atoms with E-state index in [2.05, 4.69) is 0 Å². The smallest absolute Gasteiger partial charge is 0.418 e. The highest BCUT2D eigenvalue weighted by molar-refractivity contribution is 5.74. The first-order valence-electron chi connectivity index (χ1n) is 5.68. The standard InChI is InChI=1S/C14H13N3O2/c1-3-19-14(18)17-11(2)5-4-6-13(17)8-7-12(9-15)10-16/h4-8H,3H2,1-2H3/b13-8-. The van der Waals surface area contributed by atoms with Crippen LogP contribution < -0.4 is 0 Å². The van der Waals surface area contributed by atoms with Crippen LogP contribution in [0.3, 0.4) is 0 Å². The fraction of sp³-hybridized carbons (Fsp3) is 0.214. The van der Waals surface area contributed by atoms with Crippen LogP contribution >= 0.6 is 0 Å². The van der Waals surface area contributed by atoms with Crippen LogP contribution in [-0.2, 0) is 4.74 Å². The molecule has 0 unspecified atom stereocenters. The maximum Gasteiger partial charge on any atom is 0.418 e. The van der Waals surface area contributed by atoms with Crippen LogP contribution in [0.25, 0.3) is 0 Å². The molecule has 0 aliphatic carbocycles. The quantitative estimate of drug-likeness (QED) is 0.711. The summed E-state index contributed by atoms with van der Waals surface area (Å²) in [5.74, 6) is 0. The Labute approximate surface area is 112 Å². The molecule has 0 atom stereocenters. The molecule has 0 aromatic heterocycles. The Morgan fingerprint density at radius 2 is 2.16 bits per heavy atom. The zero-order valence-corrected chi connectivity index (χ0v) is 10.8. The van der Waals surface area contributed by atoms with E-state index < -0.39 is 6.09 Å². The molecule has 0 saturated carbocycles. The van der Waals surface area contributed by atoms with Crippen LogP contribution in [0.1, 0.15) is 13.8 Å². The van der Waals surface area contributed by atoms with Gasteiger partial charge in [0.1, 0.15) is 17.7 Å². The van der Waals surface area contributed by atoms with Gasteiger partial charge in [0.25, 0.3) is 0 Å². The van der Waals surface area contributed by atoms with Gasteiger partial charge in [-0.15, -0.1) is 0 Å². The van der Waals surface area contributed by atoms with Crippen molar-refractivity contribution in [2.75, 3.05) is 6.61 Å². The van der Waals surface area contributed by atoms with Gasteiger partial charge >= 0.3 is 6.09 Å². The Hall–Kier alpha value is -2.79. The molecule has 0 saturated heterocycles. The third-order valence-electron chi connectivity index (χ3n) is 2.33. The number of allylic oxidation sites excluding steroid dienone is 7. The van der Waals surface area contributed by atoms with E-state index in [9.17, 15) is 4.79 Å². The van der Waals surface area contributed by atoms with Crippen LogP contribution in [0.15, 0.2) is 47.3 Å². The summed E-state index contributed by atoms with van der Waals surface area (Å²) in [6, 6.07) is 3.51. The van der Waals surface area contributed by atoms with E-state index in [0.717, 1.165) is 0 Å². The van der Waals surface area contributed by atoms with Crippen molar-refractivity contribution in [3.63, 3.8) is 0 Å². The Kier molecular flexibility index (Phi) is 5.13. The lowest BCUT2D eigenvalue weighted by Crippen LogP contribution is -2.29. The second kappa shape index (κ2) is 6.83. The van der Waals surface area contributed by atoms with Crippen molar-refractivity contribution < 1.29 is 9.53 Å². The molecule has 0 aromatic rings. The Bertz CT molecular complexity index is 552. The summed E-state index contributed by atoms with van der Waals surface area (Å²) in [4.78, 5) is 13.2. The molecule has 1 rings (SSSR count). The molecule has 96 valence electrons. The average molecular weight is 255 g/mol. The van der Waals surface area contributed by atoms with Crippen LogP contribution in [0.4, 0.5) is 4.79 Å². The third kappa shape index (κ3) is 3.58. The lowest BCUT2D eigenvalue weighted by molar-refractivity contribution is 0.128.